The molecule has 0 spiro atoms. The van der Waals surface area contributed by atoms with Crippen molar-refractivity contribution in [2.45, 2.75) is 26.1 Å². The Morgan fingerprint density at radius 1 is 1.24 bits per heavy atom. The molecule has 8 heteroatoms. The molecule has 2 aromatic rings. The molecule has 25 heavy (non-hydrogen) atoms. The lowest BCUT2D eigenvalue weighted by Crippen LogP contribution is -2.30. The summed E-state index contributed by atoms with van der Waals surface area (Å²) < 4.78 is 7.04. The van der Waals surface area contributed by atoms with Gasteiger partial charge in [0.1, 0.15) is 5.75 Å². The Bertz CT molecular complexity index is 769. The molecule has 132 valence electrons. The molecule has 0 saturated carbocycles. The van der Waals surface area contributed by atoms with Gasteiger partial charge in [0, 0.05) is 18.7 Å². The second-order valence-electron chi connectivity index (χ2n) is 5.87. The molecule has 2 amide bonds. The largest absolute Gasteiger partial charge is 0.484 e. The van der Waals surface area contributed by atoms with Crippen LogP contribution in [0.1, 0.15) is 28.2 Å². The van der Waals surface area contributed by atoms with E-state index in [1.807, 2.05) is 10.7 Å². The van der Waals surface area contributed by atoms with Crippen LogP contribution in [-0.2, 0) is 24.5 Å². The number of ether oxygens (including phenoxy) is 1. The molecule has 0 fully saturated rings. The van der Waals surface area contributed by atoms with Crippen molar-refractivity contribution in [3.05, 3.63) is 47.3 Å². The smallest absolute Gasteiger partial charge is 0.255 e. The van der Waals surface area contributed by atoms with Gasteiger partial charge in [-0.2, -0.15) is 5.10 Å². The summed E-state index contributed by atoms with van der Waals surface area (Å²) in [6.45, 7) is 1.50. The predicted octanol–water partition coefficient (Wildman–Crippen LogP) is 0.286. The number of aromatic nitrogens is 2. The molecule has 1 aliphatic heterocycles. The number of aryl methyl sites for hydroxylation is 1. The number of nitrogens with two attached hydrogens (primary N) is 1. The fraction of sp³-hybridized carbons (Fsp3) is 0.353. The van der Waals surface area contributed by atoms with Crippen LogP contribution < -0.4 is 10.5 Å². The van der Waals surface area contributed by atoms with Crippen molar-refractivity contribution in [1.82, 2.24) is 14.7 Å². The van der Waals surface area contributed by atoms with Gasteiger partial charge in [0.25, 0.3) is 11.8 Å². The highest BCUT2D eigenvalue weighted by Gasteiger charge is 2.21. The summed E-state index contributed by atoms with van der Waals surface area (Å²) in [6.07, 6.45) is 0.797. The molecule has 0 unspecified atom stereocenters. The highest BCUT2D eigenvalue weighted by atomic mass is 16.5. The molecule has 0 bridgehead atoms. The van der Waals surface area contributed by atoms with Crippen molar-refractivity contribution in [1.29, 1.82) is 0 Å². The summed E-state index contributed by atoms with van der Waals surface area (Å²) in [5, 5.41) is 13.5. The van der Waals surface area contributed by atoms with Crippen molar-refractivity contribution >= 4 is 11.8 Å². The fourth-order valence-electron chi connectivity index (χ4n) is 2.80. The Morgan fingerprint density at radius 2 is 2.00 bits per heavy atom. The van der Waals surface area contributed by atoms with Gasteiger partial charge in [-0.3, -0.25) is 14.3 Å². The van der Waals surface area contributed by atoms with Crippen LogP contribution in [0.3, 0.4) is 0 Å². The highest BCUT2D eigenvalue weighted by Crippen LogP contribution is 2.18. The minimum Gasteiger partial charge on any atom is -0.484 e. The lowest BCUT2D eigenvalue weighted by Gasteiger charge is -2.20. The third-order valence-corrected chi connectivity index (χ3v) is 4.00. The standard InChI is InChI=1S/C17H20N4O4/c18-16(23)11-25-15-4-2-12(3-5-15)17(24)20-6-1-7-21-14(9-20)8-13(10-22)19-21/h2-5,8,22H,1,6-7,9-11H2,(H2,18,23). The summed E-state index contributed by atoms with van der Waals surface area (Å²) in [6, 6.07) is 8.44. The van der Waals surface area contributed by atoms with E-state index in [1.165, 1.54) is 0 Å². The van der Waals surface area contributed by atoms with Crippen LogP contribution in [-0.4, -0.2) is 44.8 Å². The Morgan fingerprint density at radius 3 is 2.68 bits per heavy atom. The van der Waals surface area contributed by atoms with E-state index in [1.54, 1.807) is 29.2 Å². The first-order valence-electron chi connectivity index (χ1n) is 8.03. The normalized spacial score (nSPS) is 13.9. The summed E-state index contributed by atoms with van der Waals surface area (Å²) in [4.78, 5) is 25.2. The number of fused-ring (bicyclic) bond motifs is 1. The van der Waals surface area contributed by atoms with E-state index in [4.69, 9.17) is 10.5 Å². The first kappa shape index (κ1) is 17.0. The first-order chi connectivity index (χ1) is 12.1. The number of hydrogen-bond donors (Lipinski definition) is 2. The van der Waals surface area contributed by atoms with Crippen LogP contribution in [0.25, 0.3) is 0 Å². The SMILES string of the molecule is NC(=O)COc1ccc(C(=O)N2CCCn3nc(CO)cc3C2)cc1. The van der Waals surface area contributed by atoms with Crippen LogP contribution in [0.15, 0.2) is 30.3 Å². The molecular weight excluding hydrogens is 324 g/mol. The average molecular weight is 344 g/mol. The third kappa shape index (κ3) is 3.97. The van der Waals surface area contributed by atoms with Crippen LogP contribution in [0.2, 0.25) is 0 Å². The molecule has 0 aliphatic carbocycles. The third-order valence-electron chi connectivity index (χ3n) is 4.00. The fourth-order valence-corrected chi connectivity index (χ4v) is 2.80. The van der Waals surface area contributed by atoms with Gasteiger partial charge < -0.3 is 20.5 Å². The molecule has 3 N–H and O–H groups in total. The molecule has 8 nitrogen and oxygen atoms in total. The highest BCUT2D eigenvalue weighted by molar-refractivity contribution is 5.94. The van der Waals surface area contributed by atoms with Crippen molar-refractivity contribution < 1.29 is 19.4 Å². The molecule has 1 aliphatic rings. The first-order valence-corrected chi connectivity index (χ1v) is 8.03. The van der Waals surface area contributed by atoms with Crippen LogP contribution in [0.5, 0.6) is 5.75 Å². The van der Waals surface area contributed by atoms with E-state index < -0.39 is 5.91 Å². The second-order valence-corrected chi connectivity index (χ2v) is 5.87. The van der Waals surface area contributed by atoms with E-state index in [0.717, 1.165) is 18.7 Å². The van der Waals surface area contributed by atoms with E-state index in [-0.39, 0.29) is 19.1 Å². The number of hydrogen-bond acceptors (Lipinski definition) is 5. The number of carbonyl (C=O) groups excluding carboxylic acids is 2. The maximum Gasteiger partial charge on any atom is 0.255 e. The van der Waals surface area contributed by atoms with E-state index in [9.17, 15) is 14.7 Å². The molecule has 2 heterocycles. The number of amides is 2. The van der Waals surface area contributed by atoms with Gasteiger partial charge in [0.05, 0.1) is 24.5 Å². The topological polar surface area (TPSA) is 111 Å². The lowest BCUT2D eigenvalue weighted by atomic mass is 10.2. The van der Waals surface area contributed by atoms with E-state index in [2.05, 4.69) is 5.10 Å². The molecule has 0 atom stereocenters. The summed E-state index contributed by atoms with van der Waals surface area (Å²) >= 11 is 0. The zero-order valence-corrected chi connectivity index (χ0v) is 13.7. The number of aliphatic hydroxyl groups excluding tert-OH is 1. The van der Waals surface area contributed by atoms with Crippen LogP contribution in [0, 0.1) is 0 Å². The van der Waals surface area contributed by atoms with Gasteiger partial charge in [-0.15, -0.1) is 0 Å². The van der Waals surface area contributed by atoms with Gasteiger partial charge in [-0.25, -0.2) is 0 Å². The monoisotopic (exact) mass is 344 g/mol. The summed E-state index contributed by atoms with van der Waals surface area (Å²) in [5.74, 6) is -0.151. The zero-order chi connectivity index (χ0) is 17.8. The molecule has 1 aromatic carbocycles. The summed E-state index contributed by atoms with van der Waals surface area (Å²) in [5.41, 5.74) is 7.10. The Hall–Kier alpha value is -2.87. The Labute approximate surface area is 144 Å². The average Bonchev–Trinajstić information content (AvgIpc) is 2.90. The van der Waals surface area contributed by atoms with Gasteiger partial charge in [0.2, 0.25) is 0 Å². The van der Waals surface area contributed by atoms with Gasteiger partial charge in [-0.1, -0.05) is 0 Å². The number of primary amides is 1. The molecule has 0 saturated heterocycles. The maximum atomic E-state index is 12.7. The number of rotatable bonds is 5. The van der Waals surface area contributed by atoms with Gasteiger partial charge in [-0.05, 0) is 36.8 Å². The zero-order valence-electron chi connectivity index (χ0n) is 13.7. The summed E-state index contributed by atoms with van der Waals surface area (Å²) in [7, 11) is 0. The van der Waals surface area contributed by atoms with Crippen molar-refractivity contribution in [2.75, 3.05) is 13.2 Å². The minimum atomic E-state index is -0.552. The molecule has 0 radical (unpaired) electrons. The van der Waals surface area contributed by atoms with Crippen molar-refractivity contribution in [3.63, 3.8) is 0 Å². The number of carbonyl (C=O) groups is 2. The number of aliphatic hydroxyl groups is 1. The lowest BCUT2D eigenvalue weighted by molar-refractivity contribution is -0.119. The minimum absolute atomic E-state index is 0.0818. The van der Waals surface area contributed by atoms with Crippen LogP contribution >= 0.6 is 0 Å². The van der Waals surface area contributed by atoms with Gasteiger partial charge in [0.15, 0.2) is 6.61 Å². The number of benzene rings is 1. The molecule has 1 aromatic heterocycles. The number of nitrogens with zero attached hydrogens (tertiary/aromatic N) is 3. The van der Waals surface area contributed by atoms with Crippen molar-refractivity contribution in [3.8, 4) is 5.75 Å². The van der Waals surface area contributed by atoms with Crippen LogP contribution in [0.4, 0.5) is 0 Å². The maximum absolute atomic E-state index is 12.7. The van der Waals surface area contributed by atoms with Gasteiger partial charge >= 0.3 is 0 Å². The second kappa shape index (κ2) is 7.35. The van der Waals surface area contributed by atoms with E-state index >= 15 is 0 Å². The quantitative estimate of drug-likeness (QED) is 0.810. The van der Waals surface area contributed by atoms with Crippen molar-refractivity contribution in [2.24, 2.45) is 5.73 Å². The molecule has 3 rings (SSSR count). The van der Waals surface area contributed by atoms with E-state index in [0.29, 0.717) is 30.1 Å². The Kier molecular flexibility index (Phi) is 4.99. The molecular formula is C17H20N4O4. The predicted molar refractivity (Wildman–Crippen MR) is 88.6 cm³/mol. The Balaban J connectivity index is 1.70.